The third-order valence-electron chi connectivity index (χ3n) is 4.28. The Bertz CT molecular complexity index is 744. The Hall–Kier alpha value is -1.70. The molecule has 7 heteroatoms. The summed E-state index contributed by atoms with van der Waals surface area (Å²) in [6, 6.07) is 7.89. The maximum absolute atomic E-state index is 12.7. The number of aromatic nitrogens is 2. The van der Waals surface area contributed by atoms with Crippen LogP contribution in [-0.4, -0.2) is 36.9 Å². The van der Waals surface area contributed by atoms with Crippen molar-refractivity contribution in [2.24, 2.45) is 0 Å². The van der Waals surface area contributed by atoms with Crippen LogP contribution in [0.25, 0.3) is 0 Å². The van der Waals surface area contributed by atoms with E-state index in [4.69, 9.17) is 4.74 Å². The van der Waals surface area contributed by atoms with Crippen LogP contribution in [0.15, 0.2) is 43.0 Å². The van der Waals surface area contributed by atoms with Crippen molar-refractivity contribution in [1.82, 2.24) is 14.3 Å². The van der Waals surface area contributed by atoms with Crippen LogP contribution in [0.4, 0.5) is 0 Å². The average molecular weight is 335 g/mol. The Morgan fingerprint density at radius 1 is 1.39 bits per heavy atom. The first kappa shape index (κ1) is 16.2. The van der Waals surface area contributed by atoms with Gasteiger partial charge in [-0.2, -0.15) is 0 Å². The van der Waals surface area contributed by atoms with Gasteiger partial charge < -0.3 is 9.30 Å². The number of sulfonamides is 1. The first-order valence-corrected chi connectivity index (χ1v) is 9.21. The summed E-state index contributed by atoms with van der Waals surface area (Å²) >= 11 is 0. The highest BCUT2D eigenvalue weighted by atomic mass is 32.2. The number of imidazole rings is 1. The number of aryl methyl sites for hydroxylation is 1. The number of fused-ring (bicyclic) bond motifs is 1. The number of methoxy groups -OCH3 is 1. The predicted molar refractivity (Wildman–Crippen MR) is 87.5 cm³/mol. The van der Waals surface area contributed by atoms with Crippen molar-refractivity contribution >= 4 is 10.0 Å². The zero-order chi connectivity index (χ0) is 16.3. The second kappa shape index (κ2) is 6.82. The third-order valence-corrected chi connectivity index (χ3v) is 6.17. The molecule has 3 rings (SSSR count). The molecule has 0 aliphatic heterocycles. The lowest BCUT2D eigenvalue weighted by Gasteiger charge is -2.32. The second-order valence-corrected chi connectivity index (χ2v) is 7.66. The molecule has 0 saturated heterocycles. The Labute approximate surface area is 136 Å². The molecule has 0 bridgehead atoms. The van der Waals surface area contributed by atoms with E-state index in [-0.39, 0.29) is 0 Å². The lowest BCUT2D eigenvalue weighted by atomic mass is 9.89. The minimum absolute atomic E-state index is 0.341. The number of hydrogen-bond acceptors (Lipinski definition) is 4. The molecule has 1 aromatic carbocycles. The third kappa shape index (κ3) is 3.46. The van der Waals surface area contributed by atoms with E-state index in [2.05, 4.69) is 9.71 Å². The number of ether oxygens (including phenoxy) is 1. The van der Waals surface area contributed by atoms with Crippen LogP contribution in [0.3, 0.4) is 0 Å². The maximum Gasteiger partial charge on any atom is 0.217 e. The standard InChI is InChI=1S/C16H21N3O3S/c1-22-16-14-5-3-2-4-13(14)6-7-15(16)23(20,21)18-9-11-19-10-8-17-12-19/h2-5,8,10,12,15-16,18H,6-7,9,11H2,1H3. The maximum atomic E-state index is 12.7. The fourth-order valence-corrected chi connectivity index (χ4v) is 4.73. The zero-order valence-corrected chi connectivity index (χ0v) is 13.9. The number of hydrogen-bond donors (Lipinski definition) is 1. The second-order valence-electron chi connectivity index (χ2n) is 5.67. The van der Waals surface area contributed by atoms with Crippen LogP contribution in [0.2, 0.25) is 0 Å². The summed E-state index contributed by atoms with van der Waals surface area (Å²) in [6.07, 6.45) is 6.05. The van der Waals surface area contributed by atoms with Gasteiger partial charge in [0.15, 0.2) is 0 Å². The molecule has 1 N–H and O–H groups in total. The molecular weight excluding hydrogens is 314 g/mol. The zero-order valence-electron chi connectivity index (χ0n) is 13.1. The highest BCUT2D eigenvalue weighted by molar-refractivity contribution is 7.90. The Morgan fingerprint density at radius 2 is 2.22 bits per heavy atom. The van der Waals surface area contributed by atoms with Gasteiger partial charge >= 0.3 is 0 Å². The molecule has 1 aliphatic carbocycles. The fourth-order valence-electron chi connectivity index (χ4n) is 3.13. The molecule has 2 unspecified atom stereocenters. The Morgan fingerprint density at radius 3 is 2.96 bits per heavy atom. The van der Waals surface area contributed by atoms with Gasteiger partial charge in [0.25, 0.3) is 0 Å². The number of benzene rings is 1. The lowest BCUT2D eigenvalue weighted by molar-refractivity contribution is 0.0904. The molecule has 1 aromatic heterocycles. The van der Waals surface area contributed by atoms with E-state index in [0.29, 0.717) is 19.5 Å². The van der Waals surface area contributed by atoms with Crippen molar-refractivity contribution in [1.29, 1.82) is 0 Å². The van der Waals surface area contributed by atoms with Gasteiger partial charge in [-0.1, -0.05) is 24.3 Å². The predicted octanol–water partition coefficient (Wildman–Crippen LogP) is 1.50. The molecule has 124 valence electrons. The summed E-state index contributed by atoms with van der Waals surface area (Å²) in [7, 11) is -1.88. The normalized spacial score (nSPS) is 21.1. The van der Waals surface area contributed by atoms with Gasteiger partial charge in [-0.15, -0.1) is 0 Å². The van der Waals surface area contributed by atoms with E-state index >= 15 is 0 Å². The minimum Gasteiger partial charge on any atom is -0.375 e. The Kier molecular flexibility index (Phi) is 4.79. The molecule has 0 saturated carbocycles. The minimum atomic E-state index is -3.45. The quantitative estimate of drug-likeness (QED) is 0.868. The average Bonchev–Trinajstić information content (AvgIpc) is 3.06. The molecule has 0 radical (unpaired) electrons. The van der Waals surface area contributed by atoms with Crippen molar-refractivity contribution in [3.05, 3.63) is 54.1 Å². The van der Waals surface area contributed by atoms with Crippen LogP contribution >= 0.6 is 0 Å². The summed E-state index contributed by atoms with van der Waals surface area (Å²) in [6.45, 7) is 0.896. The van der Waals surface area contributed by atoms with Crippen molar-refractivity contribution < 1.29 is 13.2 Å². The molecule has 0 amide bonds. The number of nitrogens with zero attached hydrogens (tertiary/aromatic N) is 2. The van der Waals surface area contributed by atoms with E-state index in [1.807, 2.05) is 35.0 Å². The van der Waals surface area contributed by atoms with E-state index in [9.17, 15) is 8.42 Å². The van der Waals surface area contributed by atoms with Gasteiger partial charge in [0.05, 0.1) is 6.33 Å². The van der Waals surface area contributed by atoms with Gasteiger partial charge in [-0.25, -0.2) is 18.1 Å². The molecule has 0 spiro atoms. The summed E-state index contributed by atoms with van der Waals surface area (Å²) in [5, 5.41) is -0.565. The number of rotatable bonds is 6. The molecule has 6 nitrogen and oxygen atoms in total. The van der Waals surface area contributed by atoms with Crippen molar-refractivity contribution in [2.75, 3.05) is 13.7 Å². The highest BCUT2D eigenvalue weighted by Gasteiger charge is 2.38. The largest absolute Gasteiger partial charge is 0.375 e. The van der Waals surface area contributed by atoms with Crippen LogP contribution in [0.1, 0.15) is 23.7 Å². The highest BCUT2D eigenvalue weighted by Crippen LogP contribution is 2.35. The molecule has 2 atom stereocenters. The van der Waals surface area contributed by atoms with Gasteiger partial charge in [0.2, 0.25) is 10.0 Å². The summed E-state index contributed by atoms with van der Waals surface area (Å²) in [5.41, 5.74) is 2.15. The summed E-state index contributed by atoms with van der Waals surface area (Å²) in [5.74, 6) is 0. The molecule has 2 aromatic rings. The Balaban J connectivity index is 1.72. The van der Waals surface area contributed by atoms with E-state index in [1.165, 1.54) is 5.56 Å². The SMILES string of the molecule is COC1c2ccccc2CCC1S(=O)(=O)NCCn1ccnc1. The van der Waals surface area contributed by atoms with Gasteiger partial charge in [0, 0.05) is 32.6 Å². The fraction of sp³-hybridized carbons (Fsp3) is 0.438. The molecule has 1 aliphatic rings. The van der Waals surface area contributed by atoms with Gasteiger partial charge in [-0.05, 0) is 24.0 Å². The van der Waals surface area contributed by atoms with E-state index in [1.54, 1.807) is 19.6 Å². The van der Waals surface area contributed by atoms with Crippen molar-refractivity contribution in [3.8, 4) is 0 Å². The summed E-state index contributed by atoms with van der Waals surface area (Å²) < 4.78 is 35.4. The van der Waals surface area contributed by atoms with Crippen LogP contribution in [-0.2, 0) is 27.7 Å². The first-order valence-electron chi connectivity index (χ1n) is 7.66. The smallest absolute Gasteiger partial charge is 0.217 e. The molecule has 1 heterocycles. The molecular formula is C16H21N3O3S. The van der Waals surface area contributed by atoms with Crippen LogP contribution in [0.5, 0.6) is 0 Å². The van der Waals surface area contributed by atoms with E-state index in [0.717, 1.165) is 12.0 Å². The van der Waals surface area contributed by atoms with Gasteiger partial charge in [-0.3, -0.25) is 0 Å². The molecule has 23 heavy (non-hydrogen) atoms. The lowest BCUT2D eigenvalue weighted by Crippen LogP contribution is -2.42. The van der Waals surface area contributed by atoms with Crippen LogP contribution in [0, 0.1) is 0 Å². The number of nitrogens with one attached hydrogen (secondary N) is 1. The molecule has 0 fully saturated rings. The van der Waals surface area contributed by atoms with Gasteiger partial charge in [0.1, 0.15) is 11.4 Å². The van der Waals surface area contributed by atoms with Crippen molar-refractivity contribution in [3.63, 3.8) is 0 Å². The summed E-state index contributed by atoms with van der Waals surface area (Å²) in [4.78, 5) is 3.94. The van der Waals surface area contributed by atoms with Crippen molar-refractivity contribution in [2.45, 2.75) is 30.7 Å². The van der Waals surface area contributed by atoms with Crippen LogP contribution < -0.4 is 4.72 Å². The first-order chi connectivity index (χ1) is 11.1. The monoisotopic (exact) mass is 335 g/mol. The van der Waals surface area contributed by atoms with E-state index < -0.39 is 21.4 Å². The topological polar surface area (TPSA) is 73.2 Å².